The van der Waals surface area contributed by atoms with Crippen LogP contribution < -0.4 is 0 Å². The third kappa shape index (κ3) is 4.95. The van der Waals surface area contributed by atoms with Crippen molar-refractivity contribution < 1.29 is 28.5 Å². The van der Waals surface area contributed by atoms with Gasteiger partial charge in [0.25, 0.3) is 0 Å². The molecule has 0 spiro atoms. The molecule has 0 aromatic heterocycles. The van der Waals surface area contributed by atoms with Crippen LogP contribution in [0.1, 0.15) is 59.3 Å². The Bertz CT molecular complexity index is 390. The first-order valence-corrected chi connectivity index (χ1v) is 8.11. The number of carbonyl (C=O) groups excluding carboxylic acids is 2. The van der Waals surface area contributed by atoms with Crippen LogP contribution in [0.5, 0.6) is 0 Å². The average Bonchev–Trinajstić information content (AvgIpc) is 2.43. The van der Waals surface area contributed by atoms with E-state index in [9.17, 15) is 9.59 Å². The van der Waals surface area contributed by atoms with E-state index in [0.717, 1.165) is 12.8 Å². The van der Waals surface area contributed by atoms with Gasteiger partial charge >= 0.3 is 11.9 Å². The van der Waals surface area contributed by atoms with E-state index in [0.29, 0.717) is 6.42 Å². The van der Waals surface area contributed by atoms with E-state index in [2.05, 4.69) is 0 Å². The summed E-state index contributed by atoms with van der Waals surface area (Å²) in [5, 5.41) is 0. The van der Waals surface area contributed by atoms with Crippen LogP contribution in [0.2, 0.25) is 0 Å². The fraction of sp³-hybridized carbons (Fsp3) is 0.875. The maximum Gasteiger partial charge on any atom is 0.303 e. The largest absolute Gasteiger partial charge is 0.458 e. The Labute approximate surface area is 131 Å². The topological polar surface area (TPSA) is 71.1 Å². The second-order valence-corrected chi connectivity index (χ2v) is 6.12. The molecule has 2 rings (SSSR count). The van der Waals surface area contributed by atoms with Gasteiger partial charge in [-0.15, -0.1) is 0 Å². The molecule has 0 N–H and O–H groups in total. The van der Waals surface area contributed by atoms with Gasteiger partial charge in [-0.05, 0) is 19.8 Å². The predicted molar refractivity (Wildman–Crippen MR) is 78.0 cm³/mol. The summed E-state index contributed by atoms with van der Waals surface area (Å²) in [4.78, 5) is 22.5. The third-order valence-corrected chi connectivity index (χ3v) is 4.14. The zero-order valence-corrected chi connectivity index (χ0v) is 13.6. The summed E-state index contributed by atoms with van der Waals surface area (Å²) in [6, 6.07) is 0. The highest BCUT2D eigenvalue weighted by atomic mass is 16.7. The molecule has 6 heteroatoms. The summed E-state index contributed by atoms with van der Waals surface area (Å²) in [6.07, 6.45) is 4.36. The van der Waals surface area contributed by atoms with Crippen LogP contribution in [0.4, 0.5) is 0 Å². The summed E-state index contributed by atoms with van der Waals surface area (Å²) in [5.41, 5.74) is 0. The molecule has 1 saturated carbocycles. The van der Waals surface area contributed by atoms with Gasteiger partial charge in [0.05, 0.1) is 12.2 Å². The van der Waals surface area contributed by atoms with Crippen molar-refractivity contribution in [3.63, 3.8) is 0 Å². The lowest BCUT2D eigenvalue weighted by Crippen LogP contribution is -2.51. The molecule has 4 atom stereocenters. The highest BCUT2D eigenvalue weighted by Gasteiger charge is 2.42. The lowest BCUT2D eigenvalue weighted by atomic mass is 9.97. The number of rotatable bonds is 4. The molecule has 0 unspecified atom stereocenters. The fourth-order valence-electron chi connectivity index (χ4n) is 3.19. The Morgan fingerprint density at radius 3 is 2.23 bits per heavy atom. The van der Waals surface area contributed by atoms with E-state index < -0.39 is 30.4 Å². The molecule has 1 aliphatic heterocycles. The first-order chi connectivity index (χ1) is 10.5. The number of esters is 2. The second kappa shape index (κ2) is 7.92. The van der Waals surface area contributed by atoms with Crippen LogP contribution in [0, 0.1) is 0 Å². The molecule has 126 valence electrons. The standard InChI is InChI=1S/C16H26O6/c1-10-16(21-12(3)18)14(20-11(2)17)9-15(19-10)22-13-7-5-4-6-8-13/h10,13-16H,4-9H2,1-3H3/t10-,14-,15+,16-/m1/s1. The van der Waals surface area contributed by atoms with Gasteiger partial charge in [-0.2, -0.15) is 0 Å². The highest BCUT2D eigenvalue weighted by molar-refractivity contribution is 5.67. The molecule has 0 radical (unpaired) electrons. The van der Waals surface area contributed by atoms with E-state index in [1.54, 1.807) is 6.92 Å². The average molecular weight is 314 g/mol. The van der Waals surface area contributed by atoms with Crippen LogP contribution >= 0.6 is 0 Å². The summed E-state index contributed by atoms with van der Waals surface area (Å²) < 4.78 is 22.4. The smallest absolute Gasteiger partial charge is 0.303 e. The maximum atomic E-state index is 11.3. The molecule has 2 fully saturated rings. The Kier molecular flexibility index (Phi) is 6.20. The lowest BCUT2D eigenvalue weighted by Gasteiger charge is -2.40. The van der Waals surface area contributed by atoms with Gasteiger partial charge in [-0.25, -0.2) is 0 Å². The molecule has 0 bridgehead atoms. The first kappa shape index (κ1) is 17.2. The predicted octanol–water partition coefficient (Wildman–Crippen LogP) is 2.33. The zero-order valence-electron chi connectivity index (χ0n) is 13.6. The van der Waals surface area contributed by atoms with Crippen LogP contribution in [-0.2, 0) is 28.5 Å². The Balaban J connectivity index is 1.97. The maximum absolute atomic E-state index is 11.3. The molecular weight excluding hydrogens is 288 g/mol. The van der Waals surface area contributed by atoms with Gasteiger partial charge in [-0.1, -0.05) is 19.3 Å². The molecule has 1 aliphatic carbocycles. The van der Waals surface area contributed by atoms with Crippen LogP contribution in [0.15, 0.2) is 0 Å². The van der Waals surface area contributed by atoms with Crippen molar-refractivity contribution >= 4 is 11.9 Å². The first-order valence-electron chi connectivity index (χ1n) is 8.11. The molecule has 0 aromatic carbocycles. The quantitative estimate of drug-likeness (QED) is 0.742. The summed E-state index contributed by atoms with van der Waals surface area (Å²) in [7, 11) is 0. The highest BCUT2D eigenvalue weighted by Crippen LogP contribution is 2.29. The van der Waals surface area contributed by atoms with Crippen LogP contribution in [0.25, 0.3) is 0 Å². The summed E-state index contributed by atoms with van der Waals surface area (Å²) in [6.45, 7) is 4.49. The number of hydrogen-bond donors (Lipinski definition) is 0. The molecule has 0 amide bonds. The molecule has 6 nitrogen and oxygen atoms in total. The Morgan fingerprint density at radius 2 is 1.64 bits per heavy atom. The fourth-order valence-corrected chi connectivity index (χ4v) is 3.19. The molecular formula is C16H26O6. The number of carbonyl (C=O) groups is 2. The number of ether oxygens (including phenoxy) is 4. The SMILES string of the molecule is CC(=O)O[C@@H]1[C@@H](C)O[C@@H](OC2CCCCC2)C[C@H]1OC(C)=O. The van der Waals surface area contributed by atoms with Crippen LogP contribution in [0.3, 0.4) is 0 Å². The van der Waals surface area contributed by atoms with E-state index in [1.165, 1.54) is 33.1 Å². The molecule has 22 heavy (non-hydrogen) atoms. The van der Waals surface area contributed by atoms with Gasteiger partial charge in [0, 0.05) is 20.3 Å². The van der Waals surface area contributed by atoms with Crippen molar-refractivity contribution in [3.8, 4) is 0 Å². The van der Waals surface area contributed by atoms with E-state index in [4.69, 9.17) is 18.9 Å². The minimum Gasteiger partial charge on any atom is -0.458 e. The second-order valence-electron chi connectivity index (χ2n) is 6.12. The van der Waals surface area contributed by atoms with E-state index >= 15 is 0 Å². The molecule has 0 aromatic rings. The van der Waals surface area contributed by atoms with Crippen molar-refractivity contribution in [1.29, 1.82) is 0 Å². The van der Waals surface area contributed by atoms with Crippen molar-refractivity contribution in [1.82, 2.24) is 0 Å². The van der Waals surface area contributed by atoms with E-state index in [-0.39, 0.29) is 12.2 Å². The monoisotopic (exact) mass is 314 g/mol. The number of hydrogen-bond acceptors (Lipinski definition) is 6. The third-order valence-electron chi connectivity index (χ3n) is 4.14. The summed E-state index contributed by atoms with van der Waals surface area (Å²) in [5.74, 6) is -0.808. The normalized spacial score (nSPS) is 33.2. The molecule has 1 saturated heterocycles. The Hall–Kier alpha value is -1.14. The van der Waals surface area contributed by atoms with Gasteiger partial charge in [-0.3, -0.25) is 9.59 Å². The van der Waals surface area contributed by atoms with Gasteiger partial charge in [0.15, 0.2) is 12.4 Å². The van der Waals surface area contributed by atoms with Gasteiger partial charge < -0.3 is 18.9 Å². The van der Waals surface area contributed by atoms with Crippen molar-refractivity contribution in [2.24, 2.45) is 0 Å². The van der Waals surface area contributed by atoms with Crippen molar-refractivity contribution in [3.05, 3.63) is 0 Å². The van der Waals surface area contributed by atoms with Gasteiger partial charge in [0.2, 0.25) is 0 Å². The van der Waals surface area contributed by atoms with Crippen LogP contribution in [-0.4, -0.2) is 42.6 Å². The minimum absolute atomic E-state index is 0.203. The van der Waals surface area contributed by atoms with Crippen molar-refractivity contribution in [2.75, 3.05) is 0 Å². The van der Waals surface area contributed by atoms with Crippen molar-refractivity contribution in [2.45, 2.75) is 90.0 Å². The zero-order chi connectivity index (χ0) is 16.1. The summed E-state index contributed by atoms with van der Waals surface area (Å²) >= 11 is 0. The lowest BCUT2D eigenvalue weighted by molar-refractivity contribution is -0.268. The van der Waals surface area contributed by atoms with Gasteiger partial charge in [0.1, 0.15) is 6.10 Å². The minimum atomic E-state index is -0.590. The van der Waals surface area contributed by atoms with E-state index in [1.807, 2.05) is 0 Å². The molecule has 2 aliphatic rings. The molecule has 1 heterocycles. The Morgan fingerprint density at radius 1 is 1.00 bits per heavy atom.